The van der Waals surface area contributed by atoms with Crippen LogP contribution >= 0.6 is 24.4 Å². The van der Waals surface area contributed by atoms with Crippen molar-refractivity contribution >= 4 is 40.3 Å². The van der Waals surface area contributed by atoms with E-state index in [-0.39, 0.29) is 12.1 Å². The molecular formula is C13H15N3O2S2. The van der Waals surface area contributed by atoms with Crippen LogP contribution in [0.3, 0.4) is 0 Å². The van der Waals surface area contributed by atoms with Gasteiger partial charge in [0.1, 0.15) is 17.6 Å². The molecule has 0 amide bonds. The lowest BCUT2D eigenvalue weighted by atomic mass is 10.1. The van der Waals surface area contributed by atoms with Crippen LogP contribution in [0.4, 0.5) is 5.69 Å². The molecule has 20 heavy (non-hydrogen) atoms. The highest BCUT2D eigenvalue weighted by molar-refractivity contribution is 7.82. The summed E-state index contributed by atoms with van der Waals surface area (Å²) in [5.41, 5.74) is 6.64. The van der Waals surface area contributed by atoms with E-state index < -0.39 is 0 Å². The van der Waals surface area contributed by atoms with Crippen molar-refractivity contribution in [3.63, 3.8) is 0 Å². The highest BCUT2D eigenvalue weighted by atomic mass is 32.1. The fourth-order valence-electron chi connectivity index (χ4n) is 2.63. The molecule has 0 spiro atoms. The Morgan fingerprint density at radius 1 is 1.50 bits per heavy atom. The van der Waals surface area contributed by atoms with Crippen LogP contribution in [0.5, 0.6) is 11.5 Å². The Bertz CT molecular complexity index is 593. The second-order valence-electron chi connectivity index (χ2n) is 4.83. The summed E-state index contributed by atoms with van der Waals surface area (Å²) in [5, 5.41) is 0.910. The summed E-state index contributed by atoms with van der Waals surface area (Å²) in [6.45, 7) is 2.67. The van der Waals surface area contributed by atoms with E-state index in [1.165, 1.54) is 0 Å². The average molecular weight is 309 g/mol. The molecule has 106 valence electrons. The SMILES string of the molecule is COc1ccc2c(c1)N1C(=S)N(C(N)=S)CC1C(C)O2. The topological polar surface area (TPSA) is 51.0 Å². The average Bonchev–Trinajstić information content (AvgIpc) is 2.78. The maximum absolute atomic E-state index is 5.95. The second kappa shape index (κ2) is 4.75. The molecule has 0 aromatic heterocycles. The second-order valence-corrected chi connectivity index (χ2v) is 5.61. The minimum atomic E-state index is 0.00759. The quantitative estimate of drug-likeness (QED) is 0.789. The lowest BCUT2D eigenvalue weighted by molar-refractivity contribution is 0.179. The van der Waals surface area contributed by atoms with Gasteiger partial charge in [0.2, 0.25) is 0 Å². The zero-order valence-corrected chi connectivity index (χ0v) is 12.8. The van der Waals surface area contributed by atoms with Gasteiger partial charge in [0.25, 0.3) is 0 Å². The van der Waals surface area contributed by atoms with E-state index in [9.17, 15) is 0 Å². The molecule has 5 nitrogen and oxygen atoms in total. The molecular weight excluding hydrogens is 294 g/mol. The fraction of sp³-hybridized carbons (Fsp3) is 0.385. The monoisotopic (exact) mass is 309 g/mol. The van der Waals surface area contributed by atoms with Gasteiger partial charge in [-0.2, -0.15) is 0 Å². The predicted octanol–water partition coefficient (Wildman–Crippen LogP) is 1.50. The molecule has 0 radical (unpaired) electrons. The van der Waals surface area contributed by atoms with Gasteiger partial charge in [-0.3, -0.25) is 4.90 Å². The van der Waals surface area contributed by atoms with Crippen molar-refractivity contribution in [1.82, 2.24) is 4.90 Å². The summed E-state index contributed by atoms with van der Waals surface area (Å²) in [5.74, 6) is 1.55. The van der Waals surface area contributed by atoms with E-state index in [1.54, 1.807) is 12.0 Å². The highest BCUT2D eigenvalue weighted by Crippen LogP contribution is 2.41. The number of ether oxygens (including phenoxy) is 2. The first-order valence-corrected chi connectivity index (χ1v) is 7.09. The summed E-state index contributed by atoms with van der Waals surface area (Å²) in [7, 11) is 1.63. The van der Waals surface area contributed by atoms with Crippen LogP contribution < -0.4 is 20.1 Å². The van der Waals surface area contributed by atoms with E-state index in [0.717, 1.165) is 17.2 Å². The molecule has 0 bridgehead atoms. The Morgan fingerprint density at radius 3 is 2.90 bits per heavy atom. The Labute approximate surface area is 128 Å². The fourth-order valence-corrected chi connectivity index (χ4v) is 3.26. The zero-order chi connectivity index (χ0) is 14.4. The molecule has 1 aromatic rings. The third-order valence-corrected chi connectivity index (χ3v) is 4.32. The van der Waals surface area contributed by atoms with Crippen molar-refractivity contribution in [2.45, 2.75) is 19.1 Å². The summed E-state index contributed by atoms with van der Waals surface area (Å²) in [6, 6.07) is 5.79. The van der Waals surface area contributed by atoms with Crippen molar-refractivity contribution < 1.29 is 9.47 Å². The number of fused-ring (bicyclic) bond motifs is 3. The number of thiocarbonyl (C=S) groups is 2. The molecule has 2 unspecified atom stereocenters. The van der Waals surface area contributed by atoms with E-state index in [0.29, 0.717) is 16.8 Å². The van der Waals surface area contributed by atoms with Crippen LogP contribution in [-0.2, 0) is 0 Å². The number of methoxy groups -OCH3 is 1. The third-order valence-electron chi connectivity index (χ3n) is 3.68. The van der Waals surface area contributed by atoms with E-state index >= 15 is 0 Å². The molecule has 0 aliphatic carbocycles. The van der Waals surface area contributed by atoms with Crippen LogP contribution in [0.15, 0.2) is 18.2 Å². The number of anilines is 1. The maximum atomic E-state index is 5.95. The molecule has 2 atom stereocenters. The highest BCUT2D eigenvalue weighted by Gasteiger charge is 2.44. The van der Waals surface area contributed by atoms with Crippen molar-refractivity contribution in [3.05, 3.63) is 18.2 Å². The normalized spacial score (nSPS) is 24.0. The minimum absolute atomic E-state index is 0.00759. The molecule has 2 N–H and O–H groups in total. The summed E-state index contributed by atoms with van der Waals surface area (Å²) in [4.78, 5) is 3.82. The Hall–Kier alpha value is -1.60. The van der Waals surface area contributed by atoms with Crippen molar-refractivity contribution in [1.29, 1.82) is 0 Å². The molecule has 2 aliphatic heterocycles. The number of nitrogens with zero attached hydrogens (tertiary/aromatic N) is 2. The number of hydrogen-bond acceptors (Lipinski definition) is 4. The largest absolute Gasteiger partial charge is 0.497 e. The van der Waals surface area contributed by atoms with E-state index in [4.69, 9.17) is 39.6 Å². The number of nitrogens with two attached hydrogens (primary N) is 1. The van der Waals surface area contributed by atoms with E-state index in [2.05, 4.69) is 4.90 Å². The third kappa shape index (κ3) is 1.89. The van der Waals surface area contributed by atoms with Crippen molar-refractivity contribution in [3.8, 4) is 11.5 Å². The molecule has 2 aliphatic rings. The van der Waals surface area contributed by atoms with Crippen LogP contribution in [0.2, 0.25) is 0 Å². The number of benzene rings is 1. The van der Waals surface area contributed by atoms with Gasteiger partial charge >= 0.3 is 0 Å². The van der Waals surface area contributed by atoms with Gasteiger partial charge in [-0.25, -0.2) is 0 Å². The van der Waals surface area contributed by atoms with Crippen molar-refractivity contribution in [2.24, 2.45) is 5.73 Å². The molecule has 1 saturated heterocycles. The Morgan fingerprint density at radius 2 is 2.25 bits per heavy atom. The lowest BCUT2D eigenvalue weighted by Crippen LogP contribution is -2.47. The van der Waals surface area contributed by atoms with Gasteiger partial charge in [-0.15, -0.1) is 0 Å². The van der Waals surface area contributed by atoms with Crippen LogP contribution in [-0.4, -0.2) is 40.9 Å². The van der Waals surface area contributed by atoms with Crippen LogP contribution in [0.25, 0.3) is 0 Å². The molecule has 7 heteroatoms. The van der Waals surface area contributed by atoms with Gasteiger partial charge in [-0.05, 0) is 43.5 Å². The first kappa shape index (κ1) is 13.4. The van der Waals surface area contributed by atoms with Gasteiger partial charge in [0.15, 0.2) is 10.2 Å². The van der Waals surface area contributed by atoms with E-state index in [1.807, 2.05) is 25.1 Å². The Balaban J connectivity index is 2.07. The smallest absolute Gasteiger partial charge is 0.183 e. The first-order chi connectivity index (χ1) is 9.52. The standard InChI is InChI=1S/C13H15N3O2S2/c1-7-10-6-15(12(14)19)13(20)16(10)9-5-8(17-2)3-4-11(9)18-7/h3-5,7,10H,6H2,1-2H3,(H2,14,19). The Kier molecular flexibility index (Phi) is 3.18. The lowest BCUT2D eigenvalue weighted by Gasteiger charge is -2.36. The van der Waals surface area contributed by atoms with Gasteiger partial charge < -0.3 is 20.1 Å². The molecule has 1 fully saturated rings. The molecule has 2 heterocycles. The van der Waals surface area contributed by atoms with Crippen molar-refractivity contribution in [2.75, 3.05) is 18.6 Å². The zero-order valence-electron chi connectivity index (χ0n) is 11.2. The molecule has 0 saturated carbocycles. The minimum Gasteiger partial charge on any atom is -0.497 e. The van der Waals surface area contributed by atoms with Gasteiger partial charge in [0.05, 0.1) is 25.4 Å². The predicted molar refractivity (Wildman–Crippen MR) is 85.4 cm³/mol. The number of rotatable bonds is 1. The first-order valence-electron chi connectivity index (χ1n) is 6.27. The van der Waals surface area contributed by atoms with Crippen LogP contribution in [0, 0.1) is 0 Å². The van der Waals surface area contributed by atoms with Crippen LogP contribution in [0.1, 0.15) is 6.92 Å². The summed E-state index contributed by atoms with van der Waals surface area (Å²) in [6.07, 6.45) is 0.00759. The maximum Gasteiger partial charge on any atom is 0.183 e. The van der Waals surface area contributed by atoms with Gasteiger partial charge in [-0.1, -0.05) is 0 Å². The summed E-state index contributed by atoms with van der Waals surface area (Å²) >= 11 is 10.6. The summed E-state index contributed by atoms with van der Waals surface area (Å²) < 4.78 is 11.2. The molecule has 1 aromatic carbocycles. The molecule has 3 rings (SSSR count). The van der Waals surface area contributed by atoms with Gasteiger partial charge in [0, 0.05) is 6.07 Å². The number of hydrogen-bond donors (Lipinski definition) is 1.